The molecule has 0 amide bonds. The molecule has 80 valence electrons. The lowest BCUT2D eigenvalue weighted by Gasteiger charge is -2.01. The maximum absolute atomic E-state index is 5.11. The average Bonchev–Trinajstić information content (AvgIpc) is 2.83. The van der Waals surface area contributed by atoms with Gasteiger partial charge in [0.15, 0.2) is 6.39 Å². The highest BCUT2D eigenvalue weighted by Gasteiger charge is 2.03. The van der Waals surface area contributed by atoms with Gasteiger partial charge in [-0.1, -0.05) is 0 Å². The van der Waals surface area contributed by atoms with E-state index >= 15 is 0 Å². The standard InChI is InChI=1S/C10H14N4O/c1-8-9(4-13-14(8)2)3-11-5-10-6-12-7-15-10/h4,6-7,11H,3,5H2,1-2H3. The molecule has 0 unspecified atom stereocenters. The van der Waals surface area contributed by atoms with Gasteiger partial charge in [0.2, 0.25) is 0 Å². The second-order valence-corrected chi connectivity index (χ2v) is 3.45. The van der Waals surface area contributed by atoms with Crippen LogP contribution >= 0.6 is 0 Å². The first-order chi connectivity index (χ1) is 7.27. The number of aromatic nitrogens is 3. The molecule has 5 nitrogen and oxygen atoms in total. The molecule has 0 aromatic carbocycles. The van der Waals surface area contributed by atoms with Crippen LogP contribution in [0.4, 0.5) is 0 Å². The van der Waals surface area contributed by atoms with Gasteiger partial charge in [-0.05, 0) is 6.92 Å². The molecular formula is C10H14N4O. The molecule has 2 heterocycles. The Kier molecular flexibility index (Phi) is 2.82. The molecule has 0 saturated heterocycles. The highest BCUT2D eigenvalue weighted by atomic mass is 16.3. The Bertz CT molecular complexity index is 419. The van der Waals surface area contributed by atoms with E-state index in [1.807, 2.05) is 17.9 Å². The van der Waals surface area contributed by atoms with Gasteiger partial charge in [-0.2, -0.15) is 5.10 Å². The molecule has 0 aliphatic rings. The Labute approximate surface area is 88.1 Å². The molecule has 0 aliphatic heterocycles. The van der Waals surface area contributed by atoms with E-state index in [-0.39, 0.29) is 0 Å². The van der Waals surface area contributed by atoms with Crippen molar-refractivity contribution in [3.05, 3.63) is 35.8 Å². The third-order valence-corrected chi connectivity index (χ3v) is 2.44. The smallest absolute Gasteiger partial charge is 0.180 e. The molecule has 0 atom stereocenters. The fraction of sp³-hybridized carbons (Fsp3) is 0.400. The van der Waals surface area contributed by atoms with Crippen molar-refractivity contribution in [2.75, 3.05) is 0 Å². The molecular weight excluding hydrogens is 192 g/mol. The van der Waals surface area contributed by atoms with Crippen molar-refractivity contribution in [1.82, 2.24) is 20.1 Å². The molecule has 0 aliphatic carbocycles. The minimum Gasteiger partial charge on any atom is -0.447 e. The van der Waals surface area contributed by atoms with Crippen LogP contribution < -0.4 is 5.32 Å². The number of hydrogen-bond acceptors (Lipinski definition) is 4. The quantitative estimate of drug-likeness (QED) is 0.811. The highest BCUT2D eigenvalue weighted by Crippen LogP contribution is 2.05. The summed E-state index contributed by atoms with van der Waals surface area (Å²) in [5.74, 6) is 0.844. The minimum atomic E-state index is 0.689. The van der Waals surface area contributed by atoms with Crippen molar-refractivity contribution in [2.45, 2.75) is 20.0 Å². The average molecular weight is 206 g/mol. The Hall–Kier alpha value is -1.62. The summed E-state index contributed by atoms with van der Waals surface area (Å²) in [6.07, 6.45) is 5.03. The third kappa shape index (κ3) is 2.24. The van der Waals surface area contributed by atoms with Crippen LogP contribution in [0.2, 0.25) is 0 Å². The summed E-state index contributed by atoms with van der Waals surface area (Å²) >= 11 is 0. The van der Waals surface area contributed by atoms with Gasteiger partial charge in [-0.3, -0.25) is 4.68 Å². The summed E-state index contributed by atoms with van der Waals surface area (Å²) in [6, 6.07) is 0. The van der Waals surface area contributed by atoms with Crippen LogP contribution in [-0.4, -0.2) is 14.8 Å². The summed E-state index contributed by atoms with van der Waals surface area (Å²) in [5.41, 5.74) is 2.39. The van der Waals surface area contributed by atoms with Crippen LogP contribution in [0.25, 0.3) is 0 Å². The van der Waals surface area contributed by atoms with Gasteiger partial charge in [0.05, 0.1) is 18.9 Å². The van der Waals surface area contributed by atoms with Crippen molar-refractivity contribution in [3.8, 4) is 0 Å². The number of aryl methyl sites for hydroxylation is 1. The molecule has 1 N–H and O–H groups in total. The first-order valence-electron chi connectivity index (χ1n) is 4.83. The second-order valence-electron chi connectivity index (χ2n) is 3.45. The predicted molar refractivity (Wildman–Crippen MR) is 55.0 cm³/mol. The minimum absolute atomic E-state index is 0.689. The maximum Gasteiger partial charge on any atom is 0.180 e. The van der Waals surface area contributed by atoms with E-state index in [1.54, 1.807) is 6.20 Å². The molecule has 2 aromatic heterocycles. The zero-order chi connectivity index (χ0) is 10.7. The summed E-state index contributed by atoms with van der Waals surface area (Å²) in [6.45, 7) is 3.53. The van der Waals surface area contributed by atoms with Gasteiger partial charge in [0.1, 0.15) is 5.76 Å². The van der Waals surface area contributed by atoms with Crippen LogP contribution in [0, 0.1) is 6.92 Å². The monoisotopic (exact) mass is 206 g/mol. The van der Waals surface area contributed by atoms with E-state index in [9.17, 15) is 0 Å². The summed E-state index contributed by atoms with van der Waals surface area (Å²) in [4.78, 5) is 3.85. The molecule has 0 radical (unpaired) electrons. The number of nitrogens with one attached hydrogen (secondary N) is 1. The van der Waals surface area contributed by atoms with Crippen LogP contribution in [0.1, 0.15) is 17.0 Å². The maximum atomic E-state index is 5.11. The van der Waals surface area contributed by atoms with E-state index in [0.29, 0.717) is 6.54 Å². The van der Waals surface area contributed by atoms with E-state index < -0.39 is 0 Å². The van der Waals surface area contributed by atoms with Gasteiger partial charge in [-0.15, -0.1) is 0 Å². The number of hydrogen-bond donors (Lipinski definition) is 1. The van der Waals surface area contributed by atoms with Crippen molar-refractivity contribution < 1.29 is 4.42 Å². The molecule has 15 heavy (non-hydrogen) atoms. The number of rotatable bonds is 4. The highest BCUT2D eigenvalue weighted by molar-refractivity contribution is 5.15. The van der Waals surface area contributed by atoms with Gasteiger partial charge < -0.3 is 9.73 Å². The third-order valence-electron chi connectivity index (χ3n) is 2.44. The van der Waals surface area contributed by atoms with Crippen LogP contribution in [-0.2, 0) is 20.1 Å². The lowest BCUT2D eigenvalue weighted by atomic mass is 10.2. The van der Waals surface area contributed by atoms with Crippen LogP contribution in [0.3, 0.4) is 0 Å². The topological polar surface area (TPSA) is 55.9 Å². The van der Waals surface area contributed by atoms with Crippen molar-refractivity contribution >= 4 is 0 Å². The molecule has 2 rings (SSSR count). The molecule has 2 aromatic rings. The molecule has 5 heteroatoms. The largest absolute Gasteiger partial charge is 0.447 e. The first-order valence-corrected chi connectivity index (χ1v) is 4.83. The lowest BCUT2D eigenvalue weighted by Crippen LogP contribution is -2.12. The lowest BCUT2D eigenvalue weighted by molar-refractivity contribution is 0.478. The van der Waals surface area contributed by atoms with Crippen molar-refractivity contribution in [3.63, 3.8) is 0 Å². The molecule has 0 saturated carbocycles. The fourth-order valence-electron chi connectivity index (χ4n) is 1.37. The van der Waals surface area contributed by atoms with Crippen LogP contribution in [0.15, 0.2) is 23.2 Å². The van der Waals surface area contributed by atoms with Gasteiger partial charge in [-0.25, -0.2) is 4.98 Å². The normalized spacial score (nSPS) is 10.8. The number of nitrogens with zero attached hydrogens (tertiary/aromatic N) is 3. The van der Waals surface area contributed by atoms with E-state index in [2.05, 4.69) is 22.3 Å². The number of oxazole rings is 1. The van der Waals surface area contributed by atoms with Gasteiger partial charge >= 0.3 is 0 Å². The zero-order valence-corrected chi connectivity index (χ0v) is 8.90. The Morgan fingerprint density at radius 1 is 1.40 bits per heavy atom. The van der Waals surface area contributed by atoms with E-state index in [1.165, 1.54) is 17.7 Å². The van der Waals surface area contributed by atoms with E-state index in [4.69, 9.17) is 4.42 Å². The molecule has 0 bridgehead atoms. The Morgan fingerprint density at radius 3 is 2.87 bits per heavy atom. The van der Waals surface area contributed by atoms with Gasteiger partial charge in [0, 0.05) is 24.8 Å². The zero-order valence-electron chi connectivity index (χ0n) is 8.90. The Balaban J connectivity index is 1.86. The summed E-state index contributed by atoms with van der Waals surface area (Å²) < 4.78 is 6.98. The first kappa shape index (κ1) is 9.92. The summed E-state index contributed by atoms with van der Waals surface area (Å²) in [7, 11) is 1.94. The van der Waals surface area contributed by atoms with Crippen molar-refractivity contribution in [1.29, 1.82) is 0 Å². The van der Waals surface area contributed by atoms with Crippen LogP contribution in [0.5, 0.6) is 0 Å². The van der Waals surface area contributed by atoms with Gasteiger partial charge in [0.25, 0.3) is 0 Å². The SMILES string of the molecule is Cc1c(CNCc2cnco2)cnn1C. The Morgan fingerprint density at radius 2 is 2.27 bits per heavy atom. The van der Waals surface area contributed by atoms with Crippen molar-refractivity contribution in [2.24, 2.45) is 7.05 Å². The summed E-state index contributed by atoms with van der Waals surface area (Å²) in [5, 5.41) is 7.44. The fourth-order valence-corrected chi connectivity index (χ4v) is 1.37. The predicted octanol–water partition coefficient (Wildman–Crippen LogP) is 1.01. The van der Waals surface area contributed by atoms with E-state index in [0.717, 1.165) is 12.3 Å². The molecule has 0 spiro atoms. The second kappa shape index (κ2) is 4.27. The molecule has 0 fully saturated rings.